The Morgan fingerprint density at radius 3 is 2.52 bits per heavy atom. The van der Waals surface area contributed by atoms with Crippen LogP contribution in [0.15, 0.2) is 47.4 Å². The Bertz CT molecular complexity index is 942. The normalized spacial score (nSPS) is 17.8. The summed E-state index contributed by atoms with van der Waals surface area (Å²) in [5.74, 6) is 1.99. The average molecular weight is 420 g/mol. The smallest absolute Gasteiger partial charge is 0.240 e. The molecule has 0 aliphatic carbocycles. The molecule has 29 heavy (non-hydrogen) atoms. The molecule has 2 heterocycles. The van der Waals surface area contributed by atoms with Crippen molar-refractivity contribution < 1.29 is 27.4 Å². The lowest BCUT2D eigenvalue weighted by Crippen LogP contribution is -2.43. The van der Waals surface area contributed by atoms with Crippen LogP contribution in [0.2, 0.25) is 0 Å². The molecule has 0 saturated carbocycles. The molecule has 0 spiro atoms. The number of benzene rings is 2. The Balaban J connectivity index is 1.54. The van der Waals surface area contributed by atoms with Crippen LogP contribution in [0.1, 0.15) is 11.6 Å². The molecule has 1 saturated heterocycles. The van der Waals surface area contributed by atoms with E-state index in [0.29, 0.717) is 30.5 Å². The number of rotatable bonds is 7. The van der Waals surface area contributed by atoms with Gasteiger partial charge in [-0.05, 0) is 42.0 Å². The van der Waals surface area contributed by atoms with Crippen molar-refractivity contribution in [2.75, 3.05) is 46.8 Å². The third-order valence-electron chi connectivity index (χ3n) is 5.10. The van der Waals surface area contributed by atoms with Gasteiger partial charge in [0.25, 0.3) is 0 Å². The SMILES string of the molecule is COc1ccc(S(=O)(=O)NCC(c2ccc3c(c2)OCO3)N2CCOCC2)cc1. The third kappa shape index (κ3) is 4.48. The molecule has 0 bridgehead atoms. The zero-order valence-corrected chi connectivity index (χ0v) is 17.0. The topological polar surface area (TPSA) is 86.3 Å². The molecule has 156 valence electrons. The molecule has 4 rings (SSSR count). The highest BCUT2D eigenvalue weighted by molar-refractivity contribution is 7.89. The number of hydrogen-bond acceptors (Lipinski definition) is 7. The molecular weight excluding hydrogens is 396 g/mol. The van der Waals surface area contributed by atoms with Gasteiger partial charge in [-0.25, -0.2) is 13.1 Å². The van der Waals surface area contributed by atoms with E-state index in [9.17, 15) is 8.42 Å². The Morgan fingerprint density at radius 1 is 1.07 bits per heavy atom. The molecule has 2 aromatic carbocycles. The van der Waals surface area contributed by atoms with Gasteiger partial charge in [0.05, 0.1) is 25.2 Å². The molecule has 9 heteroatoms. The van der Waals surface area contributed by atoms with Crippen LogP contribution in [0.4, 0.5) is 0 Å². The Kier molecular flexibility index (Phi) is 5.91. The first-order valence-corrected chi connectivity index (χ1v) is 10.9. The summed E-state index contributed by atoms with van der Waals surface area (Å²) < 4.78 is 49.8. The van der Waals surface area contributed by atoms with Gasteiger partial charge in [0, 0.05) is 25.7 Å². The van der Waals surface area contributed by atoms with Crippen molar-refractivity contribution in [2.24, 2.45) is 0 Å². The maximum absolute atomic E-state index is 12.8. The number of nitrogens with one attached hydrogen (secondary N) is 1. The molecule has 8 nitrogen and oxygen atoms in total. The monoisotopic (exact) mass is 420 g/mol. The van der Waals surface area contributed by atoms with Crippen LogP contribution in [0, 0.1) is 0 Å². The van der Waals surface area contributed by atoms with Crippen molar-refractivity contribution >= 4 is 10.0 Å². The van der Waals surface area contributed by atoms with E-state index in [0.717, 1.165) is 18.7 Å². The zero-order chi connectivity index (χ0) is 20.3. The number of ether oxygens (including phenoxy) is 4. The van der Waals surface area contributed by atoms with Crippen LogP contribution in [-0.4, -0.2) is 60.1 Å². The fraction of sp³-hybridized carbons (Fsp3) is 0.400. The van der Waals surface area contributed by atoms with E-state index in [4.69, 9.17) is 18.9 Å². The molecule has 2 aliphatic rings. The molecule has 0 aromatic heterocycles. The molecule has 2 aromatic rings. The Hall–Kier alpha value is -2.33. The molecule has 1 fully saturated rings. The van der Waals surface area contributed by atoms with Crippen LogP contribution in [0.25, 0.3) is 0 Å². The molecule has 0 amide bonds. The summed E-state index contributed by atoms with van der Waals surface area (Å²) in [5, 5.41) is 0. The van der Waals surface area contributed by atoms with Crippen molar-refractivity contribution in [2.45, 2.75) is 10.9 Å². The van der Waals surface area contributed by atoms with Gasteiger partial charge in [0.2, 0.25) is 16.8 Å². The Morgan fingerprint density at radius 2 is 1.79 bits per heavy atom. The van der Waals surface area contributed by atoms with Crippen molar-refractivity contribution in [3.8, 4) is 17.2 Å². The second-order valence-corrected chi connectivity index (χ2v) is 8.57. The quantitative estimate of drug-likeness (QED) is 0.731. The van der Waals surface area contributed by atoms with E-state index in [-0.39, 0.29) is 24.3 Å². The fourth-order valence-corrected chi connectivity index (χ4v) is 4.53. The van der Waals surface area contributed by atoms with Gasteiger partial charge in [-0.2, -0.15) is 0 Å². The molecule has 2 aliphatic heterocycles. The minimum Gasteiger partial charge on any atom is -0.497 e. The van der Waals surface area contributed by atoms with E-state index >= 15 is 0 Å². The van der Waals surface area contributed by atoms with Crippen LogP contribution < -0.4 is 18.9 Å². The molecule has 1 unspecified atom stereocenters. The van der Waals surface area contributed by atoms with Crippen molar-refractivity contribution in [3.05, 3.63) is 48.0 Å². The fourth-order valence-electron chi connectivity index (χ4n) is 3.49. The van der Waals surface area contributed by atoms with Crippen LogP contribution in [0.5, 0.6) is 17.2 Å². The van der Waals surface area contributed by atoms with Crippen molar-refractivity contribution in [3.63, 3.8) is 0 Å². The van der Waals surface area contributed by atoms with Gasteiger partial charge in [0.15, 0.2) is 11.5 Å². The van der Waals surface area contributed by atoms with Crippen molar-refractivity contribution in [1.82, 2.24) is 9.62 Å². The van der Waals surface area contributed by atoms with E-state index in [1.165, 1.54) is 12.1 Å². The third-order valence-corrected chi connectivity index (χ3v) is 6.54. The first kappa shape index (κ1) is 20.0. The summed E-state index contributed by atoms with van der Waals surface area (Å²) in [6.45, 7) is 3.12. The van der Waals surface area contributed by atoms with E-state index in [2.05, 4.69) is 9.62 Å². The first-order valence-electron chi connectivity index (χ1n) is 9.42. The second-order valence-electron chi connectivity index (χ2n) is 6.80. The lowest BCUT2D eigenvalue weighted by atomic mass is 10.0. The first-order chi connectivity index (χ1) is 14.1. The maximum Gasteiger partial charge on any atom is 0.240 e. The van der Waals surface area contributed by atoms with Crippen molar-refractivity contribution in [1.29, 1.82) is 0 Å². The zero-order valence-electron chi connectivity index (χ0n) is 16.2. The summed E-state index contributed by atoms with van der Waals surface area (Å²) >= 11 is 0. The standard InChI is InChI=1S/C20H24N2O6S/c1-25-16-3-5-17(6-4-16)29(23,24)21-13-18(22-8-10-26-11-9-22)15-2-7-19-20(12-15)28-14-27-19/h2-7,12,18,21H,8-11,13-14H2,1H3. The van der Waals surface area contributed by atoms with Gasteiger partial charge in [-0.3, -0.25) is 4.90 Å². The molecular formula is C20H24N2O6S. The predicted molar refractivity (Wildman–Crippen MR) is 106 cm³/mol. The highest BCUT2D eigenvalue weighted by atomic mass is 32.2. The van der Waals surface area contributed by atoms with Gasteiger partial charge >= 0.3 is 0 Å². The number of hydrogen-bond donors (Lipinski definition) is 1. The minimum absolute atomic E-state index is 0.151. The highest BCUT2D eigenvalue weighted by Gasteiger charge is 2.27. The summed E-state index contributed by atoms with van der Waals surface area (Å²) in [4.78, 5) is 2.42. The molecule has 1 N–H and O–H groups in total. The van der Waals surface area contributed by atoms with Gasteiger partial charge in [-0.15, -0.1) is 0 Å². The highest BCUT2D eigenvalue weighted by Crippen LogP contribution is 2.35. The van der Waals surface area contributed by atoms with Crippen LogP contribution in [0.3, 0.4) is 0 Å². The van der Waals surface area contributed by atoms with E-state index < -0.39 is 10.0 Å². The number of nitrogens with zero attached hydrogens (tertiary/aromatic N) is 1. The average Bonchev–Trinajstić information content (AvgIpc) is 3.23. The summed E-state index contributed by atoms with van der Waals surface area (Å²) in [6, 6.07) is 11.9. The maximum atomic E-state index is 12.8. The van der Waals surface area contributed by atoms with Gasteiger partial charge in [-0.1, -0.05) is 6.07 Å². The molecule has 0 radical (unpaired) electrons. The number of sulfonamides is 1. The summed E-state index contributed by atoms with van der Waals surface area (Å²) in [7, 11) is -2.12. The van der Waals surface area contributed by atoms with Crippen LogP contribution in [-0.2, 0) is 14.8 Å². The lowest BCUT2D eigenvalue weighted by Gasteiger charge is -2.35. The van der Waals surface area contributed by atoms with E-state index in [1.807, 2.05) is 18.2 Å². The van der Waals surface area contributed by atoms with Gasteiger partial charge in [0.1, 0.15) is 5.75 Å². The van der Waals surface area contributed by atoms with E-state index in [1.54, 1.807) is 19.2 Å². The minimum atomic E-state index is -3.66. The summed E-state index contributed by atoms with van der Waals surface area (Å²) in [5.41, 5.74) is 0.966. The summed E-state index contributed by atoms with van der Waals surface area (Å²) in [6.07, 6.45) is 0. The van der Waals surface area contributed by atoms with Crippen LogP contribution >= 0.6 is 0 Å². The molecule has 1 atom stereocenters. The number of fused-ring (bicyclic) bond motifs is 1. The second kappa shape index (κ2) is 8.58. The predicted octanol–water partition coefficient (Wildman–Crippen LogP) is 1.78. The number of morpholine rings is 1. The number of methoxy groups -OCH3 is 1. The lowest BCUT2D eigenvalue weighted by molar-refractivity contribution is 0.0171. The Labute approximate surface area is 170 Å². The van der Waals surface area contributed by atoms with Gasteiger partial charge < -0.3 is 18.9 Å². The largest absolute Gasteiger partial charge is 0.497 e.